The summed E-state index contributed by atoms with van der Waals surface area (Å²) in [5, 5.41) is 3.78. The van der Waals surface area contributed by atoms with Gasteiger partial charge in [-0.15, -0.1) is 0 Å². The van der Waals surface area contributed by atoms with Gasteiger partial charge >= 0.3 is 0 Å². The number of nitrogens with zero attached hydrogens (tertiary/aromatic N) is 2. The third-order valence-electron chi connectivity index (χ3n) is 4.13. The first-order valence-electron chi connectivity index (χ1n) is 7.58. The van der Waals surface area contributed by atoms with Crippen molar-refractivity contribution in [1.82, 2.24) is 9.46 Å². The number of hydrogen-bond donors (Lipinski definition) is 1. The van der Waals surface area contributed by atoms with Gasteiger partial charge in [0.2, 0.25) is 10.0 Å². The zero-order valence-electron chi connectivity index (χ0n) is 13.0. The van der Waals surface area contributed by atoms with Gasteiger partial charge in [-0.25, -0.2) is 8.42 Å². The lowest BCUT2D eigenvalue weighted by molar-refractivity contribution is 0.240. The first-order chi connectivity index (χ1) is 9.87. The van der Waals surface area contributed by atoms with Crippen LogP contribution in [0.2, 0.25) is 0 Å². The van der Waals surface area contributed by atoms with Crippen LogP contribution in [0.5, 0.6) is 0 Å². The highest BCUT2D eigenvalue weighted by atomic mass is 32.2. The molecule has 0 bridgehead atoms. The summed E-state index contributed by atoms with van der Waals surface area (Å²) in [6, 6.07) is 0.231. The smallest absolute Gasteiger partial charge is 0.248 e. The third-order valence-corrected chi connectivity index (χ3v) is 6.32. The highest BCUT2D eigenvalue weighted by Gasteiger charge is 2.36. The fourth-order valence-electron chi connectivity index (χ4n) is 3.07. The molecule has 1 heterocycles. The molecule has 1 aromatic rings. The van der Waals surface area contributed by atoms with Crippen LogP contribution in [0.25, 0.3) is 0 Å². The second-order valence-electron chi connectivity index (χ2n) is 5.84. The molecule has 2 N–H and O–H groups in total. The van der Waals surface area contributed by atoms with Crippen LogP contribution in [0.3, 0.4) is 0 Å². The van der Waals surface area contributed by atoms with Crippen molar-refractivity contribution in [3.05, 3.63) is 11.5 Å². The minimum absolute atomic E-state index is 0.0310. The molecule has 0 radical (unpaired) electrons. The molecule has 0 aliphatic heterocycles. The van der Waals surface area contributed by atoms with Gasteiger partial charge in [0.05, 0.1) is 0 Å². The van der Waals surface area contributed by atoms with Crippen molar-refractivity contribution in [2.45, 2.75) is 69.9 Å². The van der Waals surface area contributed by atoms with Crippen LogP contribution in [-0.4, -0.2) is 36.5 Å². The molecule has 6 nitrogen and oxygen atoms in total. The van der Waals surface area contributed by atoms with E-state index >= 15 is 0 Å². The highest BCUT2D eigenvalue weighted by molar-refractivity contribution is 7.89. The van der Waals surface area contributed by atoms with Gasteiger partial charge in [0.25, 0.3) is 0 Å². The second kappa shape index (κ2) is 6.46. The fourth-order valence-corrected chi connectivity index (χ4v) is 5.14. The minimum Gasteiger partial charge on any atom is -0.360 e. The molecule has 0 spiro atoms. The molecular weight excluding hydrogens is 290 g/mol. The number of rotatable bonds is 5. The van der Waals surface area contributed by atoms with Gasteiger partial charge in [-0.2, -0.15) is 4.31 Å². The van der Waals surface area contributed by atoms with E-state index < -0.39 is 10.0 Å². The maximum absolute atomic E-state index is 13.0. The van der Waals surface area contributed by atoms with Crippen molar-refractivity contribution in [2.24, 2.45) is 5.73 Å². The second-order valence-corrected chi connectivity index (χ2v) is 7.67. The lowest BCUT2D eigenvalue weighted by Crippen LogP contribution is -2.44. The molecule has 0 atom stereocenters. The third kappa shape index (κ3) is 3.30. The predicted octanol–water partition coefficient (Wildman–Crippen LogP) is 1.96. The van der Waals surface area contributed by atoms with Gasteiger partial charge in [0.15, 0.2) is 5.76 Å². The topological polar surface area (TPSA) is 89.4 Å². The monoisotopic (exact) mass is 315 g/mol. The van der Waals surface area contributed by atoms with E-state index in [2.05, 4.69) is 5.16 Å². The van der Waals surface area contributed by atoms with Gasteiger partial charge < -0.3 is 10.3 Å². The van der Waals surface area contributed by atoms with E-state index in [-0.39, 0.29) is 17.0 Å². The average Bonchev–Trinajstić information content (AvgIpc) is 2.77. The number of aryl methyl sites for hydroxylation is 2. The van der Waals surface area contributed by atoms with Crippen molar-refractivity contribution in [3.63, 3.8) is 0 Å². The molecule has 120 valence electrons. The Morgan fingerprint density at radius 1 is 1.29 bits per heavy atom. The molecule has 7 heteroatoms. The summed E-state index contributed by atoms with van der Waals surface area (Å²) in [5.74, 6) is 0.362. The van der Waals surface area contributed by atoms with Gasteiger partial charge in [0.1, 0.15) is 10.6 Å². The van der Waals surface area contributed by atoms with E-state index in [1.54, 1.807) is 18.2 Å². The predicted molar refractivity (Wildman–Crippen MR) is 80.4 cm³/mol. The molecule has 1 aromatic heterocycles. The van der Waals surface area contributed by atoms with Crippen molar-refractivity contribution >= 4 is 10.0 Å². The average molecular weight is 315 g/mol. The van der Waals surface area contributed by atoms with Crippen molar-refractivity contribution in [1.29, 1.82) is 0 Å². The fraction of sp³-hybridized carbons (Fsp3) is 0.786. The first kappa shape index (κ1) is 16.5. The summed E-state index contributed by atoms with van der Waals surface area (Å²) in [6.07, 6.45) is 4.18. The number of aromatic nitrogens is 1. The molecule has 0 saturated heterocycles. The van der Waals surface area contributed by atoms with Crippen LogP contribution in [0.1, 0.15) is 50.5 Å². The van der Waals surface area contributed by atoms with Crippen LogP contribution in [-0.2, 0) is 10.0 Å². The van der Waals surface area contributed by atoms with E-state index in [0.717, 1.165) is 32.1 Å². The van der Waals surface area contributed by atoms with E-state index in [9.17, 15) is 8.42 Å². The molecule has 1 saturated carbocycles. The molecule has 0 unspecified atom stereocenters. The van der Waals surface area contributed by atoms with E-state index in [1.165, 1.54) is 0 Å². The zero-order chi connectivity index (χ0) is 15.6. The Morgan fingerprint density at radius 3 is 2.38 bits per heavy atom. The van der Waals surface area contributed by atoms with Gasteiger partial charge in [-0.05, 0) is 46.0 Å². The normalized spacial score (nSPS) is 23.7. The van der Waals surface area contributed by atoms with Gasteiger partial charge in [0, 0.05) is 18.6 Å². The lowest BCUT2D eigenvalue weighted by Gasteiger charge is -2.35. The molecule has 1 fully saturated rings. The number of hydrogen-bond acceptors (Lipinski definition) is 5. The molecule has 1 aliphatic rings. The lowest BCUT2D eigenvalue weighted by atomic mass is 9.92. The van der Waals surface area contributed by atoms with Crippen molar-refractivity contribution < 1.29 is 12.9 Å². The molecule has 1 aliphatic carbocycles. The molecule has 0 amide bonds. The Hall–Kier alpha value is -0.920. The summed E-state index contributed by atoms with van der Waals surface area (Å²) < 4.78 is 32.7. The van der Waals surface area contributed by atoms with E-state index in [1.807, 2.05) is 6.92 Å². The number of sulfonamides is 1. The van der Waals surface area contributed by atoms with Crippen LogP contribution in [0.15, 0.2) is 9.42 Å². The van der Waals surface area contributed by atoms with Gasteiger partial charge in [-0.1, -0.05) is 12.1 Å². The van der Waals surface area contributed by atoms with Crippen LogP contribution in [0.4, 0.5) is 0 Å². The standard InChI is InChI=1S/C14H25N3O3S/c1-4-9-17(13-7-5-12(15)6-8-13)21(18,19)14-10(2)16-20-11(14)3/h12-13H,4-9,15H2,1-3H3. The zero-order valence-corrected chi connectivity index (χ0v) is 13.8. The quantitative estimate of drug-likeness (QED) is 0.897. The Kier molecular flexibility index (Phi) is 5.06. The largest absolute Gasteiger partial charge is 0.360 e. The van der Waals surface area contributed by atoms with Crippen LogP contribution in [0, 0.1) is 13.8 Å². The van der Waals surface area contributed by atoms with Crippen LogP contribution < -0.4 is 5.73 Å². The summed E-state index contributed by atoms with van der Waals surface area (Å²) in [5.41, 5.74) is 6.36. The first-order valence-corrected chi connectivity index (χ1v) is 9.02. The Morgan fingerprint density at radius 2 is 1.90 bits per heavy atom. The highest BCUT2D eigenvalue weighted by Crippen LogP contribution is 2.30. The Labute approximate surface area is 126 Å². The molecule has 0 aromatic carbocycles. The van der Waals surface area contributed by atoms with Crippen molar-refractivity contribution in [3.8, 4) is 0 Å². The Balaban J connectivity index is 2.33. The maximum Gasteiger partial charge on any atom is 0.248 e. The van der Waals surface area contributed by atoms with Crippen molar-refractivity contribution in [2.75, 3.05) is 6.54 Å². The summed E-state index contributed by atoms with van der Waals surface area (Å²) in [4.78, 5) is 0.228. The summed E-state index contributed by atoms with van der Waals surface area (Å²) >= 11 is 0. The molecule has 21 heavy (non-hydrogen) atoms. The van der Waals surface area contributed by atoms with Crippen LogP contribution >= 0.6 is 0 Å². The summed E-state index contributed by atoms with van der Waals surface area (Å²) in [6.45, 7) is 5.83. The van der Waals surface area contributed by atoms with E-state index in [4.69, 9.17) is 10.3 Å². The number of nitrogens with two attached hydrogens (primary N) is 1. The maximum atomic E-state index is 13.0. The summed E-state index contributed by atoms with van der Waals surface area (Å²) in [7, 11) is -3.56. The minimum atomic E-state index is -3.56. The van der Waals surface area contributed by atoms with E-state index in [0.29, 0.717) is 18.0 Å². The molecule has 2 rings (SSSR count). The Bertz CT molecular complexity index is 555. The van der Waals surface area contributed by atoms with Gasteiger partial charge in [-0.3, -0.25) is 0 Å². The molecular formula is C14H25N3O3S. The SMILES string of the molecule is CCCN(C1CCC(N)CC1)S(=O)(=O)c1c(C)noc1C.